The van der Waals surface area contributed by atoms with E-state index in [0.717, 1.165) is 24.8 Å². The van der Waals surface area contributed by atoms with Crippen LogP contribution in [0.3, 0.4) is 0 Å². The third-order valence-electron chi connectivity index (χ3n) is 5.39. The minimum Gasteiger partial charge on any atom is -0.380 e. The third-order valence-corrected chi connectivity index (χ3v) is 5.39. The number of amides is 1. The summed E-state index contributed by atoms with van der Waals surface area (Å²) in [5.74, 6) is -0.225. The molecule has 0 aromatic carbocycles. The molecule has 2 atom stereocenters. The van der Waals surface area contributed by atoms with E-state index in [1.54, 1.807) is 24.3 Å². The van der Waals surface area contributed by atoms with Crippen LogP contribution < -0.4 is 0 Å². The molecule has 138 valence electrons. The normalized spacial score (nSPS) is 26.5. The number of aliphatic hydroxyl groups is 1. The number of likely N-dealkylation sites (tertiary alicyclic amines) is 1. The topological polar surface area (TPSA) is 69.6 Å². The Morgan fingerprint density at radius 3 is 2.72 bits per heavy atom. The summed E-state index contributed by atoms with van der Waals surface area (Å²) >= 11 is 0. The molecule has 25 heavy (non-hydrogen) atoms. The highest BCUT2D eigenvalue weighted by Crippen LogP contribution is 2.30. The first kappa shape index (κ1) is 18.2. The molecule has 1 N–H and O–H groups in total. The maximum atomic E-state index is 14.0. The number of likely N-dealkylation sites (N-methyl/N-ethyl adjacent to an activating group) is 1. The van der Waals surface area contributed by atoms with Crippen molar-refractivity contribution in [2.24, 2.45) is 0 Å². The Bertz CT molecular complexity index is 580. The summed E-state index contributed by atoms with van der Waals surface area (Å²) < 4.78 is 14.0. The second-order valence-corrected chi connectivity index (χ2v) is 7.44. The molecule has 0 bridgehead atoms. The van der Waals surface area contributed by atoms with Crippen LogP contribution in [-0.2, 0) is 11.3 Å². The predicted molar refractivity (Wildman–Crippen MR) is 91.4 cm³/mol. The Labute approximate surface area is 148 Å². The van der Waals surface area contributed by atoms with Crippen LogP contribution in [0.15, 0.2) is 18.7 Å². The van der Waals surface area contributed by atoms with E-state index in [2.05, 4.69) is 9.97 Å². The SMILES string of the molecule is CN(C[C@@H]1C[C@H](F)CN1Cc1cncnc1)C(=O)C1(O)CCCCC1. The molecule has 0 unspecified atom stereocenters. The zero-order valence-corrected chi connectivity index (χ0v) is 14.8. The molecule has 0 spiro atoms. The van der Waals surface area contributed by atoms with Gasteiger partial charge in [-0.05, 0) is 19.3 Å². The van der Waals surface area contributed by atoms with Crippen molar-refractivity contribution >= 4 is 5.91 Å². The third kappa shape index (κ3) is 4.33. The van der Waals surface area contributed by atoms with Crippen molar-refractivity contribution in [3.8, 4) is 0 Å². The highest BCUT2D eigenvalue weighted by molar-refractivity contribution is 5.84. The van der Waals surface area contributed by atoms with E-state index in [0.29, 0.717) is 38.9 Å². The van der Waals surface area contributed by atoms with Crippen molar-refractivity contribution in [2.45, 2.75) is 62.9 Å². The molecule has 6 nitrogen and oxygen atoms in total. The summed E-state index contributed by atoms with van der Waals surface area (Å²) in [7, 11) is 1.71. The van der Waals surface area contributed by atoms with Crippen LogP contribution in [0.4, 0.5) is 4.39 Å². The van der Waals surface area contributed by atoms with Gasteiger partial charge in [-0.25, -0.2) is 14.4 Å². The second kappa shape index (κ2) is 7.74. The van der Waals surface area contributed by atoms with Gasteiger partial charge in [-0.2, -0.15) is 0 Å². The molecule has 2 fully saturated rings. The van der Waals surface area contributed by atoms with Crippen LogP contribution in [-0.4, -0.2) is 68.7 Å². The lowest BCUT2D eigenvalue weighted by Gasteiger charge is -2.36. The number of carbonyl (C=O) groups excluding carboxylic acids is 1. The number of alkyl halides is 1. The Morgan fingerprint density at radius 1 is 1.36 bits per heavy atom. The van der Waals surface area contributed by atoms with Gasteiger partial charge in [0.05, 0.1) is 0 Å². The van der Waals surface area contributed by atoms with Gasteiger partial charge >= 0.3 is 0 Å². The second-order valence-electron chi connectivity index (χ2n) is 7.44. The summed E-state index contributed by atoms with van der Waals surface area (Å²) in [6.45, 7) is 1.35. The van der Waals surface area contributed by atoms with Gasteiger partial charge in [0.2, 0.25) is 0 Å². The fraction of sp³-hybridized carbons (Fsp3) is 0.722. The van der Waals surface area contributed by atoms with Crippen LogP contribution in [0.2, 0.25) is 0 Å². The maximum absolute atomic E-state index is 14.0. The van der Waals surface area contributed by atoms with Gasteiger partial charge in [-0.3, -0.25) is 9.69 Å². The van der Waals surface area contributed by atoms with E-state index in [9.17, 15) is 14.3 Å². The number of carbonyl (C=O) groups is 1. The van der Waals surface area contributed by atoms with Gasteiger partial charge in [0, 0.05) is 50.7 Å². The number of aromatic nitrogens is 2. The van der Waals surface area contributed by atoms with Crippen molar-refractivity contribution in [3.63, 3.8) is 0 Å². The van der Waals surface area contributed by atoms with Crippen LogP contribution >= 0.6 is 0 Å². The van der Waals surface area contributed by atoms with E-state index < -0.39 is 11.8 Å². The fourth-order valence-corrected chi connectivity index (χ4v) is 4.06. The Balaban J connectivity index is 1.62. The number of hydrogen-bond donors (Lipinski definition) is 1. The van der Waals surface area contributed by atoms with Crippen LogP contribution in [0.5, 0.6) is 0 Å². The van der Waals surface area contributed by atoms with E-state index >= 15 is 0 Å². The number of hydrogen-bond acceptors (Lipinski definition) is 5. The van der Waals surface area contributed by atoms with E-state index in [-0.39, 0.29) is 11.9 Å². The lowest BCUT2D eigenvalue weighted by atomic mass is 9.84. The molecule has 2 aliphatic rings. The molecule has 0 radical (unpaired) electrons. The van der Waals surface area contributed by atoms with Crippen LogP contribution in [0, 0.1) is 0 Å². The van der Waals surface area contributed by atoms with E-state index in [4.69, 9.17) is 0 Å². The quantitative estimate of drug-likeness (QED) is 0.872. The first-order valence-electron chi connectivity index (χ1n) is 9.08. The number of nitrogens with zero attached hydrogens (tertiary/aromatic N) is 4. The molecular weight excluding hydrogens is 323 g/mol. The van der Waals surface area contributed by atoms with Crippen molar-refractivity contribution in [2.75, 3.05) is 20.1 Å². The number of rotatable bonds is 5. The van der Waals surface area contributed by atoms with Crippen LogP contribution in [0.1, 0.15) is 44.1 Å². The smallest absolute Gasteiger partial charge is 0.254 e. The largest absolute Gasteiger partial charge is 0.380 e. The highest BCUT2D eigenvalue weighted by atomic mass is 19.1. The summed E-state index contributed by atoms with van der Waals surface area (Å²) in [4.78, 5) is 24.3. The van der Waals surface area contributed by atoms with E-state index in [1.807, 2.05) is 4.90 Å². The van der Waals surface area contributed by atoms with E-state index in [1.165, 1.54) is 6.33 Å². The van der Waals surface area contributed by atoms with Gasteiger partial charge in [0.15, 0.2) is 0 Å². The average molecular weight is 350 g/mol. The summed E-state index contributed by atoms with van der Waals surface area (Å²) in [5.41, 5.74) is -0.305. The van der Waals surface area contributed by atoms with Gasteiger partial charge in [-0.15, -0.1) is 0 Å². The minimum absolute atomic E-state index is 0.0589. The van der Waals surface area contributed by atoms with Gasteiger partial charge in [0.1, 0.15) is 18.1 Å². The lowest BCUT2D eigenvalue weighted by Crippen LogP contribution is -2.51. The molecule has 7 heteroatoms. The Hall–Kier alpha value is -1.60. The monoisotopic (exact) mass is 350 g/mol. The summed E-state index contributed by atoms with van der Waals surface area (Å²) in [5, 5.41) is 10.6. The zero-order chi connectivity index (χ0) is 17.9. The molecule has 1 aliphatic carbocycles. The molecule has 1 saturated heterocycles. The average Bonchev–Trinajstić information content (AvgIpc) is 2.94. The fourth-order valence-electron chi connectivity index (χ4n) is 4.06. The van der Waals surface area contributed by atoms with Crippen molar-refractivity contribution < 1.29 is 14.3 Å². The first-order valence-corrected chi connectivity index (χ1v) is 9.08. The summed E-state index contributed by atoms with van der Waals surface area (Å²) in [6, 6.07) is -0.0589. The standard InChI is InChI=1S/C18H27FN4O2/c1-22(17(24)18(25)5-3-2-4-6-18)12-16-7-15(19)11-23(16)10-14-8-20-13-21-9-14/h8-9,13,15-16,25H,2-7,10-12H2,1H3/t15-,16-/m0/s1. The van der Waals surface area contributed by atoms with Crippen molar-refractivity contribution in [1.29, 1.82) is 0 Å². The predicted octanol–water partition coefficient (Wildman–Crippen LogP) is 1.54. The summed E-state index contributed by atoms with van der Waals surface area (Å²) in [6.07, 6.45) is 8.33. The van der Waals surface area contributed by atoms with Crippen LogP contribution in [0.25, 0.3) is 0 Å². The first-order chi connectivity index (χ1) is 12.0. The van der Waals surface area contributed by atoms with Crippen molar-refractivity contribution in [3.05, 3.63) is 24.3 Å². The molecule has 1 aromatic heterocycles. The highest BCUT2D eigenvalue weighted by Gasteiger charge is 2.41. The van der Waals surface area contributed by atoms with Crippen molar-refractivity contribution in [1.82, 2.24) is 19.8 Å². The molecule has 1 saturated carbocycles. The number of halogens is 1. The lowest BCUT2D eigenvalue weighted by molar-refractivity contribution is -0.153. The minimum atomic E-state index is -1.24. The van der Waals surface area contributed by atoms with Gasteiger partial charge in [0.25, 0.3) is 5.91 Å². The van der Waals surface area contributed by atoms with Gasteiger partial charge < -0.3 is 10.0 Å². The molecule has 1 aromatic rings. The molecule has 3 rings (SSSR count). The van der Waals surface area contributed by atoms with Gasteiger partial charge in [-0.1, -0.05) is 19.3 Å². The molecule has 2 heterocycles. The Kier molecular flexibility index (Phi) is 5.64. The maximum Gasteiger partial charge on any atom is 0.254 e. The Morgan fingerprint density at radius 2 is 2.04 bits per heavy atom. The zero-order valence-electron chi connectivity index (χ0n) is 14.8. The molecule has 1 aliphatic heterocycles. The molecular formula is C18H27FN4O2. The molecule has 1 amide bonds.